The Morgan fingerprint density at radius 1 is 1.08 bits per heavy atom. The van der Waals surface area contributed by atoms with Crippen LogP contribution in [0.15, 0.2) is 54.6 Å². The zero-order chi connectivity index (χ0) is 18.4. The number of benzene rings is 2. The molecule has 1 saturated heterocycles. The van der Waals surface area contributed by atoms with Crippen LogP contribution >= 0.6 is 0 Å². The van der Waals surface area contributed by atoms with Crippen LogP contribution in [-0.4, -0.2) is 44.2 Å². The molecule has 2 aromatic rings. The maximum Gasteiger partial charge on any atom is 0.227 e. The molecule has 26 heavy (non-hydrogen) atoms. The Morgan fingerprint density at radius 2 is 1.85 bits per heavy atom. The van der Waals surface area contributed by atoms with Gasteiger partial charge in [0.2, 0.25) is 5.91 Å². The smallest absolute Gasteiger partial charge is 0.227 e. The SMILES string of the molecule is COc1cccc(CC(=O)N2CC[C@@H](OC)[C@H](Cc3ccccc3)C2)c1. The molecule has 138 valence electrons. The van der Waals surface area contributed by atoms with Crippen molar-refractivity contribution in [1.82, 2.24) is 4.90 Å². The fourth-order valence-electron chi connectivity index (χ4n) is 3.73. The summed E-state index contributed by atoms with van der Waals surface area (Å²) >= 11 is 0. The van der Waals surface area contributed by atoms with E-state index in [9.17, 15) is 4.79 Å². The molecule has 2 aromatic carbocycles. The van der Waals surface area contributed by atoms with Crippen molar-refractivity contribution in [3.05, 3.63) is 65.7 Å². The summed E-state index contributed by atoms with van der Waals surface area (Å²) in [6.07, 6.45) is 2.43. The van der Waals surface area contributed by atoms with Crippen LogP contribution in [0, 0.1) is 5.92 Å². The number of carbonyl (C=O) groups is 1. The number of amides is 1. The van der Waals surface area contributed by atoms with Gasteiger partial charge in [-0.1, -0.05) is 42.5 Å². The summed E-state index contributed by atoms with van der Waals surface area (Å²) in [4.78, 5) is 14.8. The lowest BCUT2D eigenvalue weighted by Crippen LogP contribution is -2.47. The Balaban J connectivity index is 1.65. The first-order valence-corrected chi connectivity index (χ1v) is 9.17. The molecule has 0 aliphatic carbocycles. The molecule has 0 saturated carbocycles. The lowest BCUT2D eigenvalue weighted by Gasteiger charge is -2.38. The van der Waals surface area contributed by atoms with Crippen LogP contribution in [0.4, 0.5) is 0 Å². The fourth-order valence-corrected chi connectivity index (χ4v) is 3.73. The van der Waals surface area contributed by atoms with E-state index in [1.54, 1.807) is 14.2 Å². The number of hydrogen-bond acceptors (Lipinski definition) is 3. The minimum Gasteiger partial charge on any atom is -0.497 e. The van der Waals surface area contributed by atoms with Gasteiger partial charge in [-0.3, -0.25) is 4.79 Å². The number of ether oxygens (including phenoxy) is 2. The molecule has 1 aliphatic rings. The van der Waals surface area contributed by atoms with Crippen LogP contribution in [0.1, 0.15) is 17.5 Å². The average molecular weight is 353 g/mol. The number of carbonyl (C=O) groups excluding carboxylic acids is 1. The van der Waals surface area contributed by atoms with Crippen molar-refractivity contribution in [3.8, 4) is 5.75 Å². The first-order chi connectivity index (χ1) is 12.7. The lowest BCUT2D eigenvalue weighted by atomic mass is 9.88. The van der Waals surface area contributed by atoms with Crippen molar-refractivity contribution in [3.63, 3.8) is 0 Å². The van der Waals surface area contributed by atoms with E-state index in [-0.39, 0.29) is 12.0 Å². The van der Waals surface area contributed by atoms with Crippen LogP contribution in [0.25, 0.3) is 0 Å². The molecule has 3 rings (SSSR count). The monoisotopic (exact) mass is 353 g/mol. The Kier molecular flexibility index (Phi) is 6.29. The predicted molar refractivity (Wildman–Crippen MR) is 102 cm³/mol. The maximum absolute atomic E-state index is 12.8. The second kappa shape index (κ2) is 8.86. The van der Waals surface area contributed by atoms with E-state index < -0.39 is 0 Å². The fraction of sp³-hybridized carbons (Fsp3) is 0.409. The van der Waals surface area contributed by atoms with Crippen LogP contribution in [0.2, 0.25) is 0 Å². The van der Waals surface area contributed by atoms with Crippen molar-refractivity contribution in [1.29, 1.82) is 0 Å². The van der Waals surface area contributed by atoms with E-state index >= 15 is 0 Å². The Morgan fingerprint density at radius 3 is 2.58 bits per heavy atom. The highest BCUT2D eigenvalue weighted by atomic mass is 16.5. The van der Waals surface area contributed by atoms with Gasteiger partial charge in [0.15, 0.2) is 0 Å². The summed E-state index contributed by atoms with van der Waals surface area (Å²) in [5.74, 6) is 1.28. The van der Waals surface area contributed by atoms with Gasteiger partial charge in [0.05, 0.1) is 19.6 Å². The normalized spacial score (nSPS) is 20.0. The van der Waals surface area contributed by atoms with Crippen LogP contribution in [-0.2, 0) is 22.4 Å². The first kappa shape index (κ1) is 18.5. The number of methoxy groups -OCH3 is 2. The molecule has 0 N–H and O–H groups in total. The molecule has 1 fully saturated rings. The molecule has 1 aliphatic heterocycles. The zero-order valence-corrected chi connectivity index (χ0v) is 15.6. The molecule has 0 aromatic heterocycles. The summed E-state index contributed by atoms with van der Waals surface area (Å²) in [6.45, 7) is 1.50. The molecule has 0 spiro atoms. The van der Waals surface area contributed by atoms with Gasteiger partial charge in [0.25, 0.3) is 0 Å². The molecular formula is C22H27NO3. The molecule has 1 amide bonds. The molecular weight excluding hydrogens is 326 g/mol. The number of piperidine rings is 1. The topological polar surface area (TPSA) is 38.8 Å². The van der Waals surface area contributed by atoms with Gasteiger partial charge in [-0.25, -0.2) is 0 Å². The third kappa shape index (κ3) is 4.64. The summed E-state index contributed by atoms with van der Waals surface area (Å²) in [5, 5.41) is 0. The average Bonchev–Trinajstić information content (AvgIpc) is 2.69. The van der Waals surface area contributed by atoms with Crippen molar-refractivity contribution < 1.29 is 14.3 Å². The van der Waals surface area contributed by atoms with Crippen molar-refractivity contribution in [2.45, 2.75) is 25.4 Å². The minimum atomic E-state index is 0.172. The largest absolute Gasteiger partial charge is 0.497 e. The van der Waals surface area contributed by atoms with Gasteiger partial charge in [-0.05, 0) is 36.1 Å². The van der Waals surface area contributed by atoms with Crippen LogP contribution < -0.4 is 4.74 Å². The zero-order valence-electron chi connectivity index (χ0n) is 15.6. The first-order valence-electron chi connectivity index (χ1n) is 9.17. The predicted octanol–water partition coefficient (Wildman–Crippen LogP) is 3.34. The van der Waals surface area contributed by atoms with Gasteiger partial charge in [-0.15, -0.1) is 0 Å². The number of likely N-dealkylation sites (tertiary alicyclic amines) is 1. The minimum absolute atomic E-state index is 0.172. The van der Waals surface area contributed by atoms with Crippen molar-refractivity contribution >= 4 is 5.91 Å². The number of hydrogen-bond donors (Lipinski definition) is 0. The van der Waals surface area contributed by atoms with E-state index in [0.29, 0.717) is 12.3 Å². The van der Waals surface area contributed by atoms with Gasteiger partial charge < -0.3 is 14.4 Å². The Bertz CT molecular complexity index is 716. The summed E-state index contributed by atoms with van der Waals surface area (Å²) in [5.41, 5.74) is 2.28. The van der Waals surface area contributed by atoms with E-state index in [4.69, 9.17) is 9.47 Å². The number of rotatable bonds is 6. The summed E-state index contributed by atoms with van der Waals surface area (Å²) in [7, 11) is 3.42. The molecule has 0 radical (unpaired) electrons. The van der Waals surface area contributed by atoms with E-state index in [1.807, 2.05) is 35.2 Å². The molecule has 2 atom stereocenters. The third-order valence-electron chi connectivity index (χ3n) is 5.15. The number of nitrogens with zero attached hydrogens (tertiary/aromatic N) is 1. The van der Waals surface area contributed by atoms with Crippen LogP contribution in [0.3, 0.4) is 0 Å². The van der Waals surface area contributed by atoms with Crippen LogP contribution in [0.5, 0.6) is 5.75 Å². The van der Waals surface area contributed by atoms with Gasteiger partial charge in [0, 0.05) is 26.1 Å². The highest BCUT2D eigenvalue weighted by Crippen LogP contribution is 2.24. The molecule has 4 heteroatoms. The molecule has 0 unspecified atom stereocenters. The Labute approximate surface area is 155 Å². The lowest BCUT2D eigenvalue weighted by molar-refractivity contribution is -0.134. The molecule has 0 bridgehead atoms. The Hall–Kier alpha value is -2.33. The maximum atomic E-state index is 12.8. The summed E-state index contributed by atoms with van der Waals surface area (Å²) < 4.78 is 11.0. The summed E-state index contributed by atoms with van der Waals surface area (Å²) in [6, 6.07) is 18.2. The highest BCUT2D eigenvalue weighted by molar-refractivity contribution is 5.79. The second-order valence-corrected chi connectivity index (χ2v) is 6.88. The standard InChI is InChI=1S/C22H27NO3/c1-25-20-10-6-9-18(14-20)15-22(24)23-12-11-21(26-2)19(16-23)13-17-7-4-3-5-8-17/h3-10,14,19,21H,11-13,15-16H2,1-2H3/t19-,21-/m1/s1. The molecule has 1 heterocycles. The highest BCUT2D eigenvalue weighted by Gasteiger charge is 2.31. The van der Waals surface area contributed by atoms with E-state index in [1.165, 1.54) is 5.56 Å². The molecule has 4 nitrogen and oxygen atoms in total. The van der Waals surface area contributed by atoms with E-state index in [2.05, 4.69) is 24.3 Å². The van der Waals surface area contributed by atoms with Gasteiger partial charge >= 0.3 is 0 Å². The van der Waals surface area contributed by atoms with Gasteiger partial charge in [-0.2, -0.15) is 0 Å². The van der Waals surface area contributed by atoms with E-state index in [0.717, 1.165) is 37.2 Å². The van der Waals surface area contributed by atoms with Crippen molar-refractivity contribution in [2.75, 3.05) is 27.3 Å². The third-order valence-corrected chi connectivity index (χ3v) is 5.15. The van der Waals surface area contributed by atoms with Gasteiger partial charge in [0.1, 0.15) is 5.75 Å². The van der Waals surface area contributed by atoms with Crippen molar-refractivity contribution in [2.24, 2.45) is 5.92 Å². The quantitative estimate of drug-likeness (QED) is 0.799. The second-order valence-electron chi connectivity index (χ2n) is 6.88.